The van der Waals surface area contributed by atoms with Crippen LogP contribution in [-0.2, 0) is 16.6 Å². The summed E-state index contributed by atoms with van der Waals surface area (Å²) in [5, 5.41) is 2.92. The molecular weight excluding hydrogens is 464 g/mol. The molecule has 9 heteroatoms. The molecule has 1 aromatic heterocycles. The van der Waals surface area contributed by atoms with Crippen molar-refractivity contribution in [1.82, 2.24) is 19.2 Å². The van der Waals surface area contributed by atoms with Crippen molar-refractivity contribution in [3.05, 3.63) is 53.9 Å². The number of ether oxygens (including phenoxy) is 1. The fourth-order valence-electron chi connectivity index (χ4n) is 4.98. The minimum absolute atomic E-state index is 0.0365. The highest BCUT2D eigenvalue weighted by Gasteiger charge is 2.34. The number of para-hydroxylation sites is 2. The largest absolute Gasteiger partial charge is 0.495 e. The van der Waals surface area contributed by atoms with Crippen LogP contribution in [0.4, 0.5) is 0 Å². The van der Waals surface area contributed by atoms with E-state index in [2.05, 4.69) is 28.7 Å². The van der Waals surface area contributed by atoms with Crippen molar-refractivity contribution in [2.24, 2.45) is 11.8 Å². The van der Waals surface area contributed by atoms with Gasteiger partial charge in [-0.1, -0.05) is 26.0 Å². The number of aromatic nitrogens is 2. The third-order valence-electron chi connectivity index (χ3n) is 6.57. The maximum absolute atomic E-state index is 13.5. The van der Waals surface area contributed by atoms with Gasteiger partial charge in [0.05, 0.1) is 18.1 Å². The highest BCUT2D eigenvalue weighted by molar-refractivity contribution is 7.89. The predicted octanol–water partition coefficient (Wildman–Crippen LogP) is 3.84. The summed E-state index contributed by atoms with van der Waals surface area (Å²) < 4.78 is 35.9. The Bertz CT molecular complexity index is 1310. The second kappa shape index (κ2) is 10.4. The normalized spacial score (nSPS) is 19.1. The third-order valence-corrected chi connectivity index (χ3v) is 8.42. The van der Waals surface area contributed by atoms with E-state index in [1.807, 2.05) is 31.2 Å². The average Bonchev–Trinajstić information content (AvgIpc) is 3.15. The van der Waals surface area contributed by atoms with Crippen molar-refractivity contribution in [3.8, 4) is 5.75 Å². The van der Waals surface area contributed by atoms with Crippen LogP contribution in [0.3, 0.4) is 0 Å². The van der Waals surface area contributed by atoms with Crippen LogP contribution in [0.5, 0.6) is 5.75 Å². The summed E-state index contributed by atoms with van der Waals surface area (Å²) in [7, 11) is -2.35. The Morgan fingerprint density at radius 2 is 1.86 bits per heavy atom. The highest BCUT2D eigenvalue weighted by Crippen LogP contribution is 2.32. The molecule has 188 valence electrons. The van der Waals surface area contributed by atoms with Crippen LogP contribution >= 0.6 is 0 Å². The number of hydrogen-bond donors (Lipinski definition) is 1. The van der Waals surface area contributed by atoms with E-state index >= 15 is 0 Å². The number of benzene rings is 2. The van der Waals surface area contributed by atoms with Gasteiger partial charge in [0.2, 0.25) is 10.0 Å². The van der Waals surface area contributed by atoms with Gasteiger partial charge in [-0.25, -0.2) is 13.4 Å². The zero-order valence-electron chi connectivity index (χ0n) is 20.8. The number of carbonyl (C=O) groups excluding carboxylic acids is 1. The first-order valence-electron chi connectivity index (χ1n) is 12.1. The number of rotatable bonds is 8. The van der Waals surface area contributed by atoms with Gasteiger partial charge in [0.1, 0.15) is 16.5 Å². The minimum atomic E-state index is -3.79. The number of piperidine rings is 1. The van der Waals surface area contributed by atoms with Crippen molar-refractivity contribution in [3.63, 3.8) is 0 Å². The lowest BCUT2D eigenvalue weighted by Gasteiger charge is -2.34. The molecule has 0 saturated carbocycles. The maximum Gasteiger partial charge on any atom is 0.251 e. The molecule has 0 radical (unpaired) electrons. The van der Waals surface area contributed by atoms with Crippen molar-refractivity contribution in [2.45, 2.75) is 45.1 Å². The van der Waals surface area contributed by atoms with Crippen LogP contribution < -0.4 is 10.1 Å². The first-order chi connectivity index (χ1) is 16.7. The second-order valence-electron chi connectivity index (χ2n) is 9.54. The zero-order valence-corrected chi connectivity index (χ0v) is 21.6. The molecule has 1 fully saturated rings. The predicted molar refractivity (Wildman–Crippen MR) is 136 cm³/mol. The lowest BCUT2D eigenvalue weighted by atomic mass is 9.94. The number of sulfonamides is 1. The molecule has 8 nitrogen and oxygen atoms in total. The maximum atomic E-state index is 13.5. The number of nitrogens with zero attached hydrogens (tertiary/aromatic N) is 3. The van der Waals surface area contributed by atoms with Crippen LogP contribution in [0, 0.1) is 18.8 Å². The Labute approximate surface area is 207 Å². The Morgan fingerprint density at radius 1 is 1.14 bits per heavy atom. The Hall–Kier alpha value is -2.91. The molecule has 1 N–H and O–H groups in total. The van der Waals surface area contributed by atoms with Gasteiger partial charge in [0.25, 0.3) is 5.91 Å². The van der Waals surface area contributed by atoms with E-state index in [4.69, 9.17) is 4.74 Å². The summed E-state index contributed by atoms with van der Waals surface area (Å²) in [6.07, 6.45) is 1.72. The van der Waals surface area contributed by atoms with Crippen LogP contribution in [0.15, 0.2) is 47.4 Å². The topological polar surface area (TPSA) is 93.5 Å². The standard InChI is InChI=1S/C26H34N4O4S/c1-18-14-19(2)17-29(16-18)35(32,33)25-15-21(10-11-24(25)34-4)26(31)27-12-7-13-30-20(3)28-22-8-5-6-9-23(22)30/h5-6,8-11,15,18-19H,7,12-14,16-17H2,1-4H3,(H,27,31). The van der Waals surface area contributed by atoms with E-state index in [0.717, 1.165) is 36.2 Å². The monoisotopic (exact) mass is 498 g/mol. The van der Waals surface area contributed by atoms with E-state index < -0.39 is 10.0 Å². The Morgan fingerprint density at radius 3 is 2.57 bits per heavy atom. The van der Waals surface area contributed by atoms with E-state index in [1.165, 1.54) is 17.5 Å². The molecule has 0 aliphatic carbocycles. The lowest BCUT2D eigenvalue weighted by Crippen LogP contribution is -2.42. The molecule has 1 aliphatic rings. The summed E-state index contributed by atoms with van der Waals surface area (Å²) in [4.78, 5) is 17.5. The summed E-state index contributed by atoms with van der Waals surface area (Å²) in [6, 6.07) is 12.6. The van der Waals surface area contributed by atoms with Gasteiger partial charge in [-0.05, 0) is 61.9 Å². The molecule has 1 amide bonds. The first kappa shape index (κ1) is 25.2. The fourth-order valence-corrected chi connectivity index (χ4v) is 6.84. The van der Waals surface area contributed by atoms with Crippen molar-refractivity contribution >= 4 is 27.0 Å². The molecule has 2 atom stereocenters. The lowest BCUT2D eigenvalue weighted by molar-refractivity contribution is 0.0952. The third kappa shape index (κ3) is 5.36. The summed E-state index contributed by atoms with van der Waals surface area (Å²) in [6.45, 7) is 8.21. The van der Waals surface area contributed by atoms with Gasteiger partial charge < -0.3 is 14.6 Å². The minimum Gasteiger partial charge on any atom is -0.495 e. The number of aryl methyl sites for hydroxylation is 2. The van der Waals surface area contributed by atoms with E-state index in [0.29, 0.717) is 25.2 Å². The molecule has 1 saturated heterocycles. The molecule has 0 spiro atoms. The van der Waals surface area contributed by atoms with Gasteiger partial charge >= 0.3 is 0 Å². The van der Waals surface area contributed by atoms with E-state index in [-0.39, 0.29) is 28.4 Å². The average molecular weight is 499 g/mol. The molecule has 0 bridgehead atoms. The molecule has 2 aromatic carbocycles. The number of nitrogens with one attached hydrogen (secondary N) is 1. The number of carbonyl (C=O) groups is 1. The van der Waals surface area contributed by atoms with E-state index in [1.54, 1.807) is 12.1 Å². The number of amides is 1. The SMILES string of the molecule is COc1ccc(C(=O)NCCCn2c(C)nc3ccccc32)cc1S(=O)(=O)N1CC(C)CC(C)C1. The smallest absolute Gasteiger partial charge is 0.251 e. The first-order valence-corrected chi connectivity index (χ1v) is 13.5. The Balaban J connectivity index is 1.44. The van der Waals surface area contributed by atoms with Crippen LogP contribution in [0.25, 0.3) is 11.0 Å². The molecule has 1 aliphatic heterocycles. The van der Waals surface area contributed by atoms with Gasteiger partial charge in [0, 0.05) is 31.7 Å². The van der Waals surface area contributed by atoms with Crippen LogP contribution in [-0.4, -0.2) is 54.9 Å². The number of methoxy groups -OCH3 is 1. The molecule has 2 heterocycles. The highest BCUT2D eigenvalue weighted by atomic mass is 32.2. The molecule has 2 unspecified atom stereocenters. The van der Waals surface area contributed by atoms with Crippen molar-refractivity contribution in [2.75, 3.05) is 26.7 Å². The van der Waals surface area contributed by atoms with Crippen molar-refractivity contribution < 1.29 is 17.9 Å². The number of imidazole rings is 1. The molecule has 3 aromatic rings. The summed E-state index contributed by atoms with van der Waals surface area (Å²) >= 11 is 0. The van der Waals surface area contributed by atoms with Gasteiger partial charge in [0.15, 0.2) is 0 Å². The van der Waals surface area contributed by atoms with Crippen molar-refractivity contribution in [1.29, 1.82) is 0 Å². The van der Waals surface area contributed by atoms with Gasteiger partial charge in [-0.2, -0.15) is 4.31 Å². The molecular formula is C26H34N4O4S. The van der Waals surface area contributed by atoms with Gasteiger partial charge in [-0.3, -0.25) is 4.79 Å². The second-order valence-corrected chi connectivity index (χ2v) is 11.4. The van der Waals surface area contributed by atoms with Gasteiger partial charge in [-0.15, -0.1) is 0 Å². The quantitative estimate of drug-likeness (QED) is 0.476. The summed E-state index contributed by atoms with van der Waals surface area (Å²) in [5.41, 5.74) is 2.33. The summed E-state index contributed by atoms with van der Waals surface area (Å²) in [5.74, 6) is 1.43. The Kier molecular flexibility index (Phi) is 7.47. The van der Waals surface area contributed by atoms with E-state index in [9.17, 15) is 13.2 Å². The number of hydrogen-bond acceptors (Lipinski definition) is 5. The van der Waals surface area contributed by atoms with Crippen LogP contribution in [0.1, 0.15) is 42.9 Å². The zero-order chi connectivity index (χ0) is 25.2. The molecule has 35 heavy (non-hydrogen) atoms. The molecule has 4 rings (SSSR count). The van der Waals surface area contributed by atoms with Crippen LogP contribution in [0.2, 0.25) is 0 Å². The number of fused-ring (bicyclic) bond motifs is 1. The fraction of sp³-hybridized carbons (Fsp3) is 0.462.